The number of aromatic nitrogens is 1. The summed E-state index contributed by atoms with van der Waals surface area (Å²) < 4.78 is 0. The van der Waals surface area contributed by atoms with Crippen molar-refractivity contribution in [3.05, 3.63) is 102 Å². The zero-order valence-electron chi connectivity index (χ0n) is 14.5. The fourth-order valence-corrected chi connectivity index (χ4v) is 3.96. The number of allylic oxidation sites excluding steroid dienone is 1. The lowest BCUT2D eigenvalue weighted by Crippen LogP contribution is -1.95. The van der Waals surface area contributed by atoms with Crippen LogP contribution in [0.4, 0.5) is 0 Å². The molecule has 0 atom stereocenters. The summed E-state index contributed by atoms with van der Waals surface area (Å²) in [4.78, 5) is 5.05. The van der Waals surface area contributed by atoms with E-state index in [-0.39, 0.29) is 0 Å². The first-order valence-electron chi connectivity index (χ1n) is 9.13. The number of pyridine rings is 1. The molecule has 1 aliphatic carbocycles. The minimum Gasteiger partial charge on any atom is -0.248 e. The monoisotopic (exact) mass is 333 g/mol. The average Bonchev–Trinajstić information content (AvgIpc) is 3.10. The second-order valence-electron chi connectivity index (χ2n) is 6.78. The van der Waals surface area contributed by atoms with Gasteiger partial charge in [-0.2, -0.15) is 0 Å². The van der Waals surface area contributed by atoms with Gasteiger partial charge in [-0.1, -0.05) is 78.9 Å². The summed E-state index contributed by atoms with van der Waals surface area (Å²) >= 11 is 0. The van der Waals surface area contributed by atoms with Crippen LogP contribution in [0.5, 0.6) is 0 Å². The van der Waals surface area contributed by atoms with E-state index < -0.39 is 0 Å². The molecule has 1 aromatic heterocycles. The van der Waals surface area contributed by atoms with E-state index in [1.54, 1.807) is 0 Å². The molecule has 1 heterocycles. The molecule has 0 unspecified atom stereocenters. The van der Waals surface area contributed by atoms with Gasteiger partial charge in [0.2, 0.25) is 0 Å². The standard InChI is InChI=1S/C25H19N/c1-3-9-18(10-4-1)17-20-15-16-22-24(19-11-5-2-6-12-19)21-13-7-8-14-23(21)26-25(20)22/h1-14,17H,15-16H2/b20-17+. The van der Waals surface area contributed by atoms with E-state index in [0.717, 1.165) is 18.4 Å². The van der Waals surface area contributed by atoms with Gasteiger partial charge in [0.15, 0.2) is 0 Å². The van der Waals surface area contributed by atoms with Crippen LogP contribution in [0.2, 0.25) is 0 Å². The molecule has 4 aromatic rings. The maximum atomic E-state index is 5.05. The zero-order valence-corrected chi connectivity index (χ0v) is 14.5. The summed E-state index contributed by atoms with van der Waals surface area (Å²) in [6, 6.07) is 29.8. The van der Waals surface area contributed by atoms with Gasteiger partial charge in [0, 0.05) is 5.39 Å². The summed E-state index contributed by atoms with van der Waals surface area (Å²) in [5.74, 6) is 0. The summed E-state index contributed by atoms with van der Waals surface area (Å²) in [6.07, 6.45) is 4.39. The maximum Gasteiger partial charge on any atom is 0.0715 e. The van der Waals surface area contributed by atoms with E-state index in [2.05, 4.69) is 91.0 Å². The molecule has 0 bridgehead atoms. The van der Waals surface area contributed by atoms with Crippen molar-refractivity contribution < 1.29 is 0 Å². The molecule has 0 aliphatic heterocycles. The molecule has 0 N–H and O–H groups in total. The summed E-state index contributed by atoms with van der Waals surface area (Å²) in [5.41, 5.74) is 8.85. The fourth-order valence-electron chi connectivity index (χ4n) is 3.96. The fraction of sp³-hybridized carbons (Fsp3) is 0.0800. The molecule has 0 saturated carbocycles. The zero-order chi connectivity index (χ0) is 17.3. The molecule has 0 amide bonds. The average molecular weight is 333 g/mol. The molecule has 0 radical (unpaired) electrons. The van der Waals surface area contributed by atoms with Crippen LogP contribution in [0, 0.1) is 0 Å². The Kier molecular flexibility index (Phi) is 3.64. The van der Waals surface area contributed by atoms with E-state index in [4.69, 9.17) is 4.98 Å². The molecule has 0 fully saturated rings. The van der Waals surface area contributed by atoms with Crippen molar-refractivity contribution in [2.75, 3.05) is 0 Å². The lowest BCUT2D eigenvalue weighted by Gasteiger charge is -2.13. The van der Waals surface area contributed by atoms with Gasteiger partial charge in [0.25, 0.3) is 0 Å². The second kappa shape index (κ2) is 6.27. The number of nitrogens with zero attached hydrogens (tertiary/aromatic N) is 1. The van der Waals surface area contributed by atoms with Crippen molar-refractivity contribution >= 4 is 22.6 Å². The van der Waals surface area contributed by atoms with Crippen molar-refractivity contribution in [2.45, 2.75) is 12.8 Å². The lowest BCUT2D eigenvalue weighted by atomic mass is 9.94. The molecule has 1 nitrogen and oxygen atoms in total. The summed E-state index contributed by atoms with van der Waals surface area (Å²) in [5, 5.41) is 1.25. The normalized spacial score (nSPS) is 14.7. The van der Waals surface area contributed by atoms with Gasteiger partial charge < -0.3 is 0 Å². The van der Waals surface area contributed by atoms with Crippen LogP contribution in [0.1, 0.15) is 23.2 Å². The number of para-hydroxylation sites is 1. The molecular formula is C25H19N. The highest BCUT2D eigenvalue weighted by Crippen LogP contribution is 2.41. The summed E-state index contributed by atoms with van der Waals surface area (Å²) in [6.45, 7) is 0. The first-order valence-corrected chi connectivity index (χ1v) is 9.13. The van der Waals surface area contributed by atoms with Crippen molar-refractivity contribution in [3.8, 4) is 11.1 Å². The minimum absolute atomic E-state index is 1.05. The van der Waals surface area contributed by atoms with Crippen LogP contribution in [0.15, 0.2) is 84.9 Å². The molecule has 3 aromatic carbocycles. The first-order chi connectivity index (χ1) is 12.9. The Balaban J connectivity index is 1.77. The van der Waals surface area contributed by atoms with Gasteiger partial charge in [-0.15, -0.1) is 0 Å². The Labute approximate surface area is 153 Å². The third kappa shape index (κ3) is 2.53. The molecule has 1 heteroatoms. The Morgan fingerprint density at radius 2 is 1.38 bits per heavy atom. The Bertz CT molecular complexity index is 1110. The Morgan fingerprint density at radius 3 is 2.19 bits per heavy atom. The third-order valence-corrected chi connectivity index (χ3v) is 5.14. The molecule has 5 rings (SSSR count). The Morgan fingerprint density at radius 1 is 0.692 bits per heavy atom. The van der Waals surface area contributed by atoms with E-state index >= 15 is 0 Å². The van der Waals surface area contributed by atoms with Crippen LogP contribution >= 0.6 is 0 Å². The van der Waals surface area contributed by atoms with Gasteiger partial charge >= 0.3 is 0 Å². The van der Waals surface area contributed by atoms with Crippen molar-refractivity contribution in [1.29, 1.82) is 0 Å². The van der Waals surface area contributed by atoms with Crippen LogP contribution in [0.3, 0.4) is 0 Å². The second-order valence-corrected chi connectivity index (χ2v) is 6.78. The smallest absolute Gasteiger partial charge is 0.0715 e. The van der Waals surface area contributed by atoms with Gasteiger partial charge in [0.1, 0.15) is 0 Å². The first kappa shape index (κ1) is 15.1. The highest BCUT2D eigenvalue weighted by molar-refractivity contribution is 6.00. The van der Waals surface area contributed by atoms with Crippen molar-refractivity contribution in [1.82, 2.24) is 4.98 Å². The quantitative estimate of drug-likeness (QED) is 0.414. The van der Waals surface area contributed by atoms with Crippen LogP contribution in [-0.2, 0) is 6.42 Å². The molecule has 1 aliphatic rings. The van der Waals surface area contributed by atoms with Gasteiger partial charge in [-0.3, -0.25) is 0 Å². The van der Waals surface area contributed by atoms with Crippen molar-refractivity contribution in [2.24, 2.45) is 0 Å². The minimum atomic E-state index is 1.05. The lowest BCUT2D eigenvalue weighted by molar-refractivity contribution is 1.08. The van der Waals surface area contributed by atoms with E-state index in [9.17, 15) is 0 Å². The Hall–Kier alpha value is -3.19. The highest BCUT2D eigenvalue weighted by Gasteiger charge is 2.24. The number of hydrogen-bond acceptors (Lipinski definition) is 1. The van der Waals surface area contributed by atoms with Gasteiger partial charge in [0.05, 0.1) is 11.2 Å². The molecule has 26 heavy (non-hydrogen) atoms. The maximum absolute atomic E-state index is 5.05. The number of hydrogen-bond donors (Lipinski definition) is 0. The van der Waals surface area contributed by atoms with Gasteiger partial charge in [-0.25, -0.2) is 4.98 Å². The molecule has 0 spiro atoms. The highest BCUT2D eigenvalue weighted by atomic mass is 14.7. The van der Waals surface area contributed by atoms with E-state index in [1.807, 2.05) is 0 Å². The SMILES string of the molecule is C(=C1/CCc2c1nc1ccccc1c2-c1ccccc1)/c1ccccc1. The largest absolute Gasteiger partial charge is 0.248 e. The van der Waals surface area contributed by atoms with Crippen LogP contribution in [0.25, 0.3) is 33.7 Å². The number of fused-ring (bicyclic) bond motifs is 2. The van der Waals surface area contributed by atoms with Gasteiger partial charge in [-0.05, 0) is 52.8 Å². The number of benzene rings is 3. The number of rotatable bonds is 2. The molecular weight excluding hydrogens is 314 g/mol. The van der Waals surface area contributed by atoms with Crippen molar-refractivity contribution in [3.63, 3.8) is 0 Å². The summed E-state index contributed by atoms with van der Waals surface area (Å²) in [7, 11) is 0. The predicted octanol–water partition coefficient (Wildman–Crippen LogP) is 6.39. The topological polar surface area (TPSA) is 12.9 Å². The third-order valence-electron chi connectivity index (χ3n) is 5.14. The molecule has 0 saturated heterocycles. The van der Waals surface area contributed by atoms with E-state index in [1.165, 1.54) is 38.9 Å². The van der Waals surface area contributed by atoms with Crippen LogP contribution in [-0.4, -0.2) is 4.98 Å². The predicted molar refractivity (Wildman–Crippen MR) is 110 cm³/mol. The molecule has 124 valence electrons. The van der Waals surface area contributed by atoms with E-state index in [0.29, 0.717) is 0 Å². The van der Waals surface area contributed by atoms with Crippen LogP contribution < -0.4 is 0 Å².